The van der Waals surface area contributed by atoms with Crippen LogP contribution in [0.15, 0.2) is 83.8 Å². The molecular weight excluding hydrogens is 456 g/mol. The van der Waals surface area contributed by atoms with Crippen molar-refractivity contribution in [2.75, 3.05) is 29.4 Å². The minimum Gasteiger partial charge on any atom is -0.489 e. The molecule has 0 aliphatic carbocycles. The van der Waals surface area contributed by atoms with Crippen LogP contribution in [0.4, 0.5) is 5.69 Å². The van der Waals surface area contributed by atoms with Crippen molar-refractivity contribution in [3.63, 3.8) is 0 Å². The summed E-state index contributed by atoms with van der Waals surface area (Å²) in [7, 11) is -3.63. The van der Waals surface area contributed by atoms with Crippen molar-refractivity contribution in [1.82, 2.24) is 5.32 Å². The summed E-state index contributed by atoms with van der Waals surface area (Å²) < 4.78 is 31.5. The first-order valence-electron chi connectivity index (χ1n) is 10.5. The third-order valence-electron chi connectivity index (χ3n) is 4.77. The van der Waals surface area contributed by atoms with E-state index < -0.39 is 10.0 Å². The average molecular weight is 485 g/mol. The van der Waals surface area contributed by atoms with Gasteiger partial charge in [0.25, 0.3) is 0 Å². The van der Waals surface area contributed by atoms with Gasteiger partial charge in [-0.3, -0.25) is 9.10 Å². The number of carbonyl (C=O) groups excluding carboxylic acids is 1. The Morgan fingerprint density at radius 2 is 1.64 bits per heavy atom. The number of nitrogens with zero attached hydrogens (tertiary/aromatic N) is 1. The fraction of sp³-hybridized carbons (Fsp3) is 0.240. The van der Waals surface area contributed by atoms with Gasteiger partial charge >= 0.3 is 0 Å². The topological polar surface area (TPSA) is 75.7 Å². The average Bonchev–Trinajstić information content (AvgIpc) is 2.80. The number of aryl methyl sites for hydroxylation is 1. The summed E-state index contributed by atoms with van der Waals surface area (Å²) in [4.78, 5) is 13.5. The fourth-order valence-corrected chi connectivity index (χ4v) is 4.65. The summed E-state index contributed by atoms with van der Waals surface area (Å²) in [6.07, 6.45) is 1.09. The molecule has 0 spiro atoms. The molecule has 0 aromatic heterocycles. The molecule has 33 heavy (non-hydrogen) atoms. The normalized spacial score (nSPS) is 11.1. The standard InChI is InChI=1S/C25H28N2O4S2/c1-20-8-14-24(15-9-20)32-17-16-26-25(28)18-27(33(2,29)30)22-10-12-23(13-11-22)31-19-21-6-4-3-5-7-21/h3-15H,16-19H2,1-2H3,(H,26,28). The number of hydrogen-bond donors (Lipinski definition) is 1. The highest BCUT2D eigenvalue weighted by atomic mass is 32.2. The number of benzene rings is 3. The Bertz CT molecular complexity index is 1130. The number of sulfonamides is 1. The van der Waals surface area contributed by atoms with E-state index in [2.05, 4.69) is 5.32 Å². The van der Waals surface area contributed by atoms with E-state index in [0.29, 0.717) is 30.3 Å². The predicted octanol–water partition coefficient (Wildman–Crippen LogP) is 4.25. The molecule has 0 heterocycles. The first-order valence-corrected chi connectivity index (χ1v) is 13.4. The van der Waals surface area contributed by atoms with Gasteiger partial charge in [-0.1, -0.05) is 48.0 Å². The van der Waals surface area contributed by atoms with Gasteiger partial charge in [0, 0.05) is 17.2 Å². The van der Waals surface area contributed by atoms with Gasteiger partial charge in [0.05, 0.1) is 11.9 Å². The van der Waals surface area contributed by atoms with Crippen molar-refractivity contribution in [2.45, 2.75) is 18.4 Å². The molecule has 3 rings (SSSR count). The van der Waals surface area contributed by atoms with Gasteiger partial charge in [-0.25, -0.2) is 8.42 Å². The lowest BCUT2D eigenvalue weighted by molar-refractivity contribution is -0.119. The van der Waals surface area contributed by atoms with Crippen LogP contribution in [0, 0.1) is 6.92 Å². The van der Waals surface area contributed by atoms with Crippen LogP contribution in [-0.4, -0.2) is 39.4 Å². The van der Waals surface area contributed by atoms with Crippen molar-refractivity contribution in [3.8, 4) is 5.75 Å². The van der Waals surface area contributed by atoms with Crippen molar-refractivity contribution in [3.05, 3.63) is 90.0 Å². The maximum atomic E-state index is 12.4. The lowest BCUT2D eigenvalue weighted by Crippen LogP contribution is -2.41. The molecule has 0 saturated heterocycles. The molecule has 3 aromatic rings. The molecule has 0 atom stereocenters. The summed E-state index contributed by atoms with van der Waals surface area (Å²) in [5.41, 5.74) is 2.65. The van der Waals surface area contributed by atoms with Crippen molar-refractivity contribution in [1.29, 1.82) is 0 Å². The van der Waals surface area contributed by atoms with Crippen molar-refractivity contribution >= 4 is 33.4 Å². The van der Waals surface area contributed by atoms with Gasteiger partial charge in [0.2, 0.25) is 15.9 Å². The Balaban J connectivity index is 1.52. The number of hydrogen-bond acceptors (Lipinski definition) is 5. The second-order valence-electron chi connectivity index (χ2n) is 7.55. The molecule has 0 saturated carbocycles. The van der Waals surface area contributed by atoms with E-state index in [9.17, 15) is 13.2 Å². The van der Waals surface area contributed by atoms with Crippen LogP contribution in [0.5, 0.6) is 5.75 Å². The third-order valence-corrected chi connectivity index (χ3v) is 6.93. The zero-order chi connectivity index (χ0) is 23.7. The number of rotatable bonds is 11. The molecule has 8 heteroatoms. The SMILES string of the molecule is Cc1ccc(SCCNC(=O)CN(c2ccc(OCc3ccccc3)cc2)S(C)(=O)=O)cc1. The van der Waals surface area contributed by atoms with Crippen LogP contribution in [0.1, 0.15) is 11.1 Å². The largest absolute Gasteiger partial charge is 0.489 e. The lowest BCUT2D eigenvalue weighted by Gasteiger charge is -2.22. The van der Waals surface area contributed by atoms with Gasteiger partial charge in [-0.2, -0.15) is 0 Å². The van der Waals surface area contributed by atoms with E-state index in [1.54, 1.807) is 36.0 Å². The van der Waals surface area contributed by atoms with Crippen LogP contribution >= 0.6 is 11.8 Å². The van der Waals surface area contributed by atoms with Gasteiger partial charge in [-0.15, -0.1) is 11.8 Å². The molecule has 0 aliphatic heterocycles. The molecule has 0 bridgehead atoms. The Hall–Kier alpha value is -2.97. The molecule has 1 amide bonds. The summed E-state index contributed by atoms with van der Waals surface area (Å²) in [6, 6.07) is 24.6. The second-order valence-corrected chi connectivity index (χ2v) is 10.6. The number of carbonyl (C=O) groups is 1. The number of ether oxygens (including phenoxy) is 1. The van der Waals surface area contributed by atoms with Crippen LogP contribution in [0.2, 0.25) is 0 Å². The number of nitrogens with one attached hydrogen (secondary N) is 1. The highest BCUT2D eigenvalue weighted by molar-refractivity contribution is 7.99. The molecule has 0 aliphatic rings. The molecule has 0 unspecified atom stereocenters. The first kappa shape index (κ1) is 24.7. The van der Waals surface area contributed by atoms with E-state index in [0.717, 1.165) is 21.0 Å². The molecule has 1 N–H and O–H groups in total. The minimum absolute atomic E-state index is 0.280. The van der Waals surface area contributed by atoms with Crippen molar-refractivity contribution in [2.24, 2.45) is 0 Å². The van der Waals surface area contributed by atoms with E-state index in [4.69, 9.17) is 4.74 Å². The molecule has 3 aromatic carbocycles. The zero-order valence-corrected chi connectivity index (χ0v) is 20.4. The Kier molecular flexibility index (Phi) is 8.79. The van der Waals surface area contributed by atoms with E-state index >= 15 is 0 Å². The van der Waals surface area contributed by atoms with Gasteiger partial charge in [-0.05, 0) is 48.9 Å². The molecule has 0 fully saturated rings. The highest BCUT2D eigenvalue weighted by Crippen LogP contribution is 2.22. The highest BCUT2D eigenvalue weighted by Gasteiger charge is 2.20. The Morgan fingerprint density at radius 1 is 0.970 bits per heavy atom. The zero-order valence-electron chi connectivity index (χ0n) is 18.7. The quantitative estimate of drug-likeness (QED) is 0.325. The molecular formula is C25H28N2O4S2. The third kappa shape index (κ3) is 8.14. The summed E-state index contributed by atoms with van der Waals surface area (Å²) in [5.74, 6) is 0.962. The van der Waals surface area contributed by atoms with Gasteiger partial charge < -0.3 is 10.1 Å². The second kappa shape index (κ2) is 11.8. The van der Waals surface area contributed by atoms with Crippen LogP contribution in [0.3, 0.4) is 0 Å². The number of thioether (sulfide) groups is 1. The van der Waals surface area contributed by atoms with Crippen LogP contribution in [-0.2, 0) is 21.4 Å². The van der Waals surface area contributed by atoms with Crippen LogP contribution < -0.4 is 14.4 Å². The van der Waals surface area contributed by atoms with Crippen LogP contribution in [0.25, 0.3) is 0 Å². The molecule has 174 valence electrons. The maximum Gasteiger partial charge on any atom is 0.240 e. The Morgan fingerprint density at radius 3 is 2.27 bits per heavy atom. The lowest BCUT2D eigenvalue weighted by atomic mass is 10.2. The first-order chi connectivity index (χ1) is 15.8. The Labute approximate surface area is 200 Å². The maximum absolute atomic E-state index is 12.4. The number of amides is 1. The van der Waals surface area contributed by atoms with Gasteiger partial charge in [0.15, 0.2) is 0 Å². The number of anilines is 1. The van der Waals surface area contributed by atoms with Crippen molar-refractivity contribution < 1.29 is 17.9 Å². The molecule has 0 radical (unpaired) electrons. The minimum atomic E-state index is -3.63. The predicted molar refractivity (Wildman–Crippen MR) is 134 cm³/mol. The van der Waals surface area contributed by atoms with E-state index in [1.807, 2.05) is 61.5 Å². The summed E-state index contributed by atoms with van der Waals surface area (Å²) in [6.45, 7) is 2.62. The smallest absolute Gasteiger partial charge is 0.240 e. The summed E-state index contributed by atoms with van der Waals surface area (Å²) >= 11 is 1.64. The van der Waals surface area contributed by atoms with Gasteiger partial charge in [0.1, 0.15) is 18.9 Å². The van der Waals surface area contributed by atoms with E-state index in [-0.39, 0.29) is 12.5 Å². The molecule has 6 nitrogen and oxygen atoms in total. The monoisotopic (exact) mass is 484 g/mol. The summed E-state index contributed by atoms with van der Waals surface area (Å²) in [5, 5.41) is 2.80. The van der Waals surface area contributed by atoms with E-state index in [1.165, 1.54) is 5.56 Å². The fourth-order valence-electron chi connectivity index (χ4n) is 3.03.